The number of carboxylic acid groups (broad SMARTS) is 1. The average Bonchev–Trinajstić information content (AvgIpc) is 1.85. The average molecular weight is 288 g/mol. The number of rotatable bonds is 1. The summed E-state index contributed by atoms with van der Waals surface area (Å²) in [5.74, 6) is 0.0169. The Kier molecular flexibility index (Phi) is 3.51. The number of aliphatic carboxylic acids is 1. The fourth-order valence-electron chi connectivity index (χ4n) is 1.00. The van der Waals surface area contributed by atoms with Crippen LogP contribution in [0.25, 0.3) is 0 Å². The predicted octanol–water partition coefficient (Wildman–Crippen LogP) is -0.387. The summed E-state index contributed by atoms with van der Waals surface area (Å²) in [5, 5.41) is 8.74. The van der Waals surface area contributed by atoms with E-state index < -0.39 is 5.97 Å². The van der Waals surface area contributed by atoms with Crippen LogP contribution < -0.4 is 0 Å². The standard InChI is InChI=1S/C6H10NO2STe/c1-7-2-5(11)10-3-4(7)6(8)9/h4-5H,2-3H2,1H3,(H,8,9). The molecule has 1 aliphatic rings. The van der Waals surface area contributed by atoms with Crippen molar-refractivity contribution in [2.45, 2.75) is 9.34 Å². The zero-order valence-corrected chi connectivity index (χ0v) is 9.33. The van der Waals surface area contributed by atoms with E-state index in [2.05, 4.69) is 22.3 Å². The first-order chi connectivity index (χ1) is 5.11. The van der Waals surface area contributed by atoms with Gasteiger partial charge in [0.25, 0.3) is 0 Å². The van der Waals surface area contributed by atoms with Crippen LogP contribution in [0.4, 0.5) is 0 Å². The molecule has 1 saturated heterocycles. The first-order valence-corrected chi connectivity index (χ1v) is 5.71. The fraction of sp³-hybridized carbons (Fsp3) is 0.833. The van der Waals surface area contributed by atoms with Crippen molar-refractivity contribution in [1.82, 2.24) is 4.90 Å². The van der Waals surface area contributed by atoms with Gasteiger partial charge in [-0.15, -0.1) is 0 Å². The summed E-state index contributed by atoms with van der Waals surface area (Å²) in [6.07, 6.45) is 0. The number of thioether (sulfide) groups is 1. The third-order valence-electron chi connectivity index (χ3n) is 1.69. The van der Waals surface area contributed by atoms with Crippen molar-refractivity contribution in [3.05, 3.63) is 0 Å². The molecule has 1 fully saturated rings. The van der Waals surface area contributed by atoms with Gasteiger partial charge >= 0.3 is 83.5 Å². The zero-order valence-electron chi connectivity index (χ0n) is 6.19. The molecule has 0 aromatic carbocycles. The van der Waals surface area contributed by atoms with Crippen LogP contribution in [0.1, 0.15) is 0 Å². The van der Waals surface area contributed by atoms with Gasteiger partial charge in [0.1, 0.15) is 0 Å². The number of nitrogens with zero attached hydrogens (tertiary/aromatic N) is 1. The van der Waals surface area contributed by atoms with Crippen LogP contribution in [0.5, 0.6) is 0 Å². The maximum absolute atomic E-state index is 10.6. The molecule has 1 rings (SSSR count). The molecule has 1 heterocycles. The minimum absolute atomic E-state index is 0.280. The Hall–Kier alpha value is 0.570. The van der Waals surface area contributed by atoms with Crippen molar-refractivity contribution in [2.24, 2.45) is 0 Å². The molecule has 0 bridgehead atoms. The molecule has 63 valence electrons. The molecule has 0 aliphatic carbocycles. The second-order valence-electron chi connectivity index (χ2n) is 2.56. The van der Waals surface area contributed by atoms with Gasteiger partial charge in [-0.1, -0.05) is 0 Å². The van der Waals surface area contributed by atoms with E-state index >= 15 is 0 Å². The van der Waals surface area contributed by atoms with Crippen LogP contribution in [0.15, 0.2) is 0 Å². The topological polar surface area (TPSA) is 40.5 Å². The van der Waals surface area contributed by atoms with Crippen molar-refractivity contribution in [1.29, 1.82) is 0 Å². The van der Waals surface area contributed by atoms with Crippen LogP contribution in [0, 0.1) is 0 Å². The Balaban J connectivity index is 2.50. The Morgan fingerprint density at radius 2 is 2.45 bits per heavy atom. The molecule has 2 unspecified atom stereocenters. The number of likely N-dealkylation sites (N-methyl/N-ethyl adjacent to an activating group) is 1. The van der Waals surface area contributed by atoms with Crippen LogP contribution in [-0.2, 0) is 4.79 Å². The Morgan fingerprint density at radius 3 is 2.91 bits per heavy atom. The van der Waals surface area contributed by atoms with E-state index in [1.54, 1.807) is 11.8 Å². The molecular formula is C6H10NO2STe. The third kappa shape index (κ3) is 2.51. The number of hydrogen-bond acceptors (Lipinski definition) is 3. The van der Waals surface area contributed by atoms with E-state index in [0.29, 0.717) is 3.30 Å². The molecule has 0 spiro atoms. The molecular weight excluding hydrogens is 278 g/mol. The summed E-state index contributed by atoms with van der Waals surface area (Å²) in [7, 11) is 1.87. The number of hydrogen-bond donors (Lipinski definition) is 1. The molecule has 0 saturated carbocycles. The van der Waals surface area contributed by atoms with E-state index in [4.69, 9.17) is 5.11 Å². The van der Waals surface area contributed by atoms with Crippen molar-refractivity contribution >= 4 is 40.0 Å². The molecule has 2 atom stereocenters. The molecule has 0 aromatic heterocycles. The van der Waals surface area contributed by atoms with Gasteiger partial charge in [0.2, 0.25) is 0 Å². The quantitative estimate of drug-likeness (QED) is 0.667. The summed E-state index contributed by atoms with van der Waals surface area (Å²) in [6, 6.07) is -0.280. The van der Waals surface area contributed by atoms with Gasteiger partial charge in [0.15, 0.2) is 0 Å². The molecule has 1 radical (unpaired) electrons. The van der Waals surface area contributed by atoms with E-state index in [9.17, 15) is 4.79 Å². The SMILES string of the molecule is CN1CC([Te])SCC1C(=O)O. The summed E-state index contributed by atoms with van der Waals surface area (Å²) in [6.45, 7) is 0.881. The fourth-order valence-corrected chi connectivity index (χ4v) is 3.48. The molecule has 0 aromatic rings. The Morgan fingerprint density at radius 1 is 1.82 bits per heavy atom. The van der Waals surface area contributed by atoms with Gasteiger partial charge in [-0.25, -0.2) is 0 Å². The normalized spacial score (nSPS) is 33.6. The molecule has 3 nitrogen and oxygen atoms in total. The van der Waals surface area contributed by atoms with Crippen molar-refractivity contribution < 1.29 is 9.90 Å². The van der Waals surface area contributed by atoms with Crippen LogP contribution >= 0.6 is 11.8 Å². The summed E-state index contributed by atoms with van der Waals surface area (Å²) in [5.41, 5.74) is 0. The van der Waals surface area contributed by atoms with Crippen molar-refractivity contribution in [3.63, 3.8) is 0 Å². The molecule has 1 N–H and O–H groups in total. The van der Waals surface area contributed by atoms with Gasteiger partial charge < -0.3 is 0 Å². The van der Waals surface area contributed by atoms with Gasteiger partial charge in [0, 0.05) is 0 Å². The van der Waals surface area contributed by atoms with Gasteiger partial charge in [-0.3, -0.25) is 0 Å². The van der Waals surface area contributed by atoms with E-state index in [-0.39, 0.29) is 6.04 Å². The first-order valence-electron chi connectivity index (χ1n) is 3.31. The maximum atomic E-state index is 10.6. The zero-order chi connectivity index (χ0) is 8.43. The number of carboxylic acids is 1. The Labute approximate surface area is 83.4 Å². The molecule has 5 heteroatoms. The van der Waals surface area contributed by atoms with Gasteiger partial charge in [0.05, 0.1) is 0 Å². The van der Waals surface area contributed by atoms with Crippen LogP contribution in [0.2, 0.25) is 0 Å². The van der Waals surface area contributed by atoms with E-state index in [1.165, 1.54) is 0 Å². The predicted molar refractivity (Wildman–Crippen MR) is 46.1 cm³/mol. The second-order valence-corrected chi connectivity index (χ2v) is 6.35. The van der Waals surface area contributed by atoms with Crippen molar-refractivity contribution in [3.8, 4) is 0 Å². The first kappa shape index (κ1) is 9.66. The van der Waals surface area contributed by atoms with E-state index in [0.717, 1.165) is 12.3 Å². The summed E-state index contributed by atoms with van der Waals surface area (Å²) < 4.78 is 0.575. The number of carbonyl (C=O) groups is 1. The monoisotopic (exact) mass is 290 g/mol. The third-order valence-corrected chi connectivity index (χ3v) is 4.31. The van der Waals surface area contributed by atoms with Crippen LogP contribution in [-0.4, -0.2) is 67.0 Å². The molecule has 1 aliphatic heterocycles. The Bertz CT molecular complexity index is 167. The molecule has 11 heavy (non-hydrogen) atoms. The molecule has 0 amide bonds. The minimum atomic E-state index is -0.701. The van der Waals surface area contributed by atoms with E-state index in [1.807, 2.05) is 11.9 Å². The summed E-state index contributed by atoms with van der Waals surface area (Å²) in [4.78, 5) is 12.5. The van der Waals surface area contributed by atoms with Gasteiger partial charge in [-0.2, -0.15) is 0 Å². The summed E-state index contributed by atoms with van der Waals surface area (Å²) >= 11 is 3.79. The van der Waals surface area contributed by atoms with Crippen LogP contribution in [0.3, 0.4) is 0 Å². The second kappa shape index (κ2) is 3.99. The van der Waals surface area contributed by atoms with Gasteiger partial charge in [-0.05, 0) is 0 Å². The van der Waals surface area contributed by atoms with Crippen molar-refractivity contribution in [2.75, 3.05) is 19.3 Å².